The van der Waals surface area contributed by atoms with E-state index in [1.165, 1.54) is 0 Å². The molecule has 6 heteroatoms. The third-order valence-electron chi connectivity index (χ3n) is 3.14. The monoisotopic (exact) mass is 300 g/mol. The lowest BCUT2D eigenvalue weighted by atomic mass is 10.2. The molecule has 2 heterocycles. The minimum atomic E-state index is -0.232. The maximum Gasteiger partial charge on any atom is 0.247 e. The van der Waals surface area contributed by atoms with Gasteiger partial charge in [-0.25, -0.2) is 0 Å². The second-order valence-electron chi connectivity index (χ2n) is 4.44. The van der Waals surface area contributed by atoms with Crippen molar-refractivity contribution < 1.29 is 4.79 Å². The van der Waals surface area contributed by atoms with Gasteiger partial charge in [0.15, 0.2) is 0 Å². The van der Waals surface area contributed by atoms with Gasteiger partial charge in [-0.1, -0.05) is 0 Å². The van der Waals surface area contributed by atoms with Gasteiger partial charge >= 0.3 is 0 Å². The Hall–Kier alpha value is -0.880. The van der Waals surface area contributed by atoms with Crippen LogP contribution in [-0.2, 0) is 4.79 Å². The molecule has 94 valence electrons. The van der Waals surface area contributed by atoms with Crippen LogP contribution < -0.4 is 0 Å². The first-order chi connectivity index (χ1) is 8.08. The fraction of sp³-hybridized carbons (Fsp3) is 0.636. The Morgan fingerprint density at radius 2 is 2.06 bits per heavy atom. The summed E-state index contributed by atoms with van der Waals surface area (Å²) >= 11 is 3.34. The van der Waals surface area contributed by atoms with Crippen molar-refractivity contribution in [2.75, 3.05) is 33.2 Å². The predicted octanol–water partition coefficient (Wildman–Crippen LogP) is 0.981. The van der Waals surface area contributed by atoms with E-state index in [-0.39, 0.29) is 11.9 Å². The maximum atomic E-state index is 12.2. The number of hydrogen-bond donors (Lipinski definition) is 0. The number of aromatic nitrogens is 2. The van der Waals surface area contributed by atoms with Crippen molar-refractivity contribution in [3.05, 3.63) is 16.9 Å². The summed E-state index contributed by atoms with van der Waals surface area (Å²) in [6.07, 6.45) is 3.53. The number of amides is 1. The number of rotatable bonds is 2. The van der Waals surface area contributed by atoms with Gasteiger partial charge in [0.25, 0.3) is 0 Å². The third kappa shape index (κ3) is 2.87. The fourth-order valence-electron chi connectivity index (χ4n) is 1.93. The van der Waals surface area contributed by atoms with E-state index in [1.807, 2.05) is 18.0 Å². The van der Waals surface area contributed by atoms with Crippen molar-refractivity contribution in [1.29, 1.82) is 0 Å². The molecule has 1 aromatic heterocycles. The zero-order valence-electron chi connectivity index (χ0n) is 10.1. The van der Waals surface area contributed by atoms with Gasteiger partial charge in [-0.15, -0.1) is 0 Å². The van der Waals surface area contributed by atoms with Gasteiger partial charge in [0, 0.05) is 32.4 Å². The first-order valence-corrected chi connectivity index (χ1v) is 6.54. The van der Waals surface area contributed by atoms with Crippen molar-refractivity contribution in [1.82, 2.24) is 19.6 Å². The Bertz CT molecular complexity index is 398. The van der Waals surface area contributed by atoms with Gasteiger partial charge in [0.2, 0.25) is 5.91 Å². The van der Waals surface area contributed by atoms with E-state index in [4.69, 9.17) is 0 Å². The van der Waals surface area contributed by atoms with E-state index in [1.54, 1.807) is 10.9 Å². The van der Waals surface area contributed by atoms with Crippen LogP contribution in [0.1, 0.15) is 13.0 Å². The highest BCUT2D eigenvalue weighted by Crippen LogP contribution is 2.14. The Morgan fingerprint density at radius 1 is 1.41 bits per heavy atom. The number of piperazine rings is 1. The second-order valence-corrected chi connectivity index (χ2v) is 5.36. The minimum Gasteiger partial charge on any atom is -0.338 e. The van der Waals surface area contributed by atoms with Gasteiger partial charge in [0.1, 0.15) is 6.04 Å². The quantitative estimate of drug-likeness (QED) is 0.818. The molecule has 1 saturated heterocycles. The molecule has 0 N–H and O–H groups in total. The zero-order valence-corrected chi connectivity index (χ0v) is 11.7. The molecular formula is C11H17BrN4O. The molecule has 1 atom stereocenters. The first kappa shape index (κ1) is 12.6. The van der Waals surface area contributed by atoms with Gasteiger partial charge in [0.05, 0.1) is 10.7 Å². The fourth-order valence-corrected chi connectivity index (χ4v) is 2.23. The van der Waals surface area contributed by atoms with Crippen molar-refractivity contribution >= 4 is 21.8 Å². The van der Waals surface area contributed by atoms with Crippen LogP contribution in [0.2, 0.25) is 0 Å². The molecule has 0 aliphatic carbocycles. The third-order valence-corrected chi connectivity index (χ3v) is 3.55. The van der Waals surface area contributed by atoms with Gasteiger partial charge in [-0.3, -0.25) is 9.48 Å². The highest BCUT2D eigenvalue weighted by Gasteiger charge is 2.24. The highest BCUT2D eigenvalue weighted by atomic mass is 79.9. The van der Waals surface area contributed by atoms with Gasteiger partial charge < -0.3 is 9.80 Å². The van der Waals surface area contributed by atoms with E-state index in [9.17, 15) is 4.79 Å². The molecule has 1 aromatic rings. The van der Waals surface area contributed by atoms with Crippen LogP contribution in [0.15, 0.2) is 16.9 Å². The Labute approximate surface area is 110 Å². The molecule has 0 spiro atoms. The van der Waals surface area contributed by atoms with Crippen LogP contribution in [-0.4, -0.2) is 58.7 Å². The van der Waals surface area contributed by atoms with E-state index in [2.05, 4.69) is 33.0 Å². The largest absolute Gasteiger partial charge is 0.338 e. The van der Waals surface area contributed by atoms with Crippen LogP contribution in [0, 0.1) is 0 Å². The van der Waals surface area contributed by atoms with Crippen LogP contribution in [0.5, 0.6) is 0 Å². The SMILES string of the molecule is C[C@@H](C(=O)N1CCN(C)CC1)n1cc(Br)cn1. The number of nitrogens with zero attached hydrogens (tertiary/aromatic N) is 4. The van der Waals surface area contributed by atoms with E-state index in [0.717, 1.165) is 30.7 Å². The molecule has 1 amide bonds. The predicted molar refractivity (Wildman–Crippen MR) is 68.7 cm³/mol. The summed E-state index contributed by atoms with van der Waals surface area (Å²) in [7, 11) is 2.08. The average molecular weight is 301 g/mol. The maximum absolute atomic E-state index is 12.2. The molecule has 0 bridgehead atoms. The first-order valence-electron chi connectivity index (χ1n) is 5.75. The van der Waals surface area contributed by atoms with Crippen LogP contribution in [0.25, 0.3) is 0 Å². The normalized spacial score (nSPS) is 19.4. The molecule has 5 nitrogen and oxygen atoms in total. The van der Waals surface area contributed by atoms with E-state index >= 15 is 0 Å². The second kappa shape index (κ2) is 5.18. The number of halogens is 1. The Kier molecular flexibility index (Phi) is 3.83. The molecule has 1 aliphatic rings. The summed E-state index contributed by atoms with van der Waals surface area (Å²) in [5.41, 5.74) is 0. The average Bonchev–Trinajstić information content (AvgIpc) is 2.75. The Morgan fingerprint density at radius 3 is 2.59 bits per heavy atom. The van der Waals surface area contributed by atoms with Crippen LogP contribution in [0.3, 0.4) is 0 Å². The van der Waals surface area contributed by atoms with Crippen molar-refractivity contribution in [3.8, 4) is 0 Å². The molecule has 0 saturated carbocycles. The van der Waals surface area contributed by atoms with Crippen molar-refractivity contribution in [2.24, 2.45) is 0 Å². The zero-order chi connectivity index (χ0) is 12.4. The van der Waals surface area contributed by atoms with E-state index in [0.29, 0.717) is 0 Å². The molecule has 0 radical (unpaired) electrons. The topological polar surface area (TPSA) is 41.4 Å². The van der Waals surface area contributed by atoms with E-state index < -0.39 is 0 Å². The molecule has 17 heavy (non-hydrogen) atoms. The number of likely N-dealkylation sites (N-methyl/N-ethyl adjacent to an activating group) is 1. The van der Waals surface area contributed by atoms with Crippen molar-refractivity contribution in [2.45, 2.75) is 13.0 Å². The summed E-state index contributed by atoms with van der Waals surface area (Å²) in [6, 6.07) is -0.232. The summed E-state index contributed by atoms with van der Waals surface area (Å²) in [5, 5.41) is 4.16. The summed E-state index contributed by atoms with van der Waals surface area (Å²) < 4.78 is 2.60. The molecule has 1 aliphatic heterocycles. The molecule has 2 rings (SSSR count). The lowest BCUT2D eigenvalue weighted by molar-refractivity contribution is -0.136. The molecular weight excluding hydrogens is 284 g/mol. The summed E-state index contributed by atoms with van der Waals surface area (Å²) in [4.78, 5) is 16.4. The standard InChI is InChI=1S/C11H17BrN4O/c1-9(16-8-10(12)7-13-16)11(17)15-5-3-14(2)4-6-15/h7-9H,3-6H2,1-2H3/t9-/m0/s1. The summed E-state index contributed by atoms with van der Waals surface area (Å²) in [5.74, 6) is 0.147. The highest BCUT2D eigenvalue weighted by molar-refractivity contribution is 9.10. The Balaban J connectivity index is 2.00. The molecule has 0 unspecified atom stereocenters. The van der Waals surface area contributed by atoms with Gasteiger partial charge in [-0.05, 0) is 29.9 Å². The number of carbonyl (C=O) groups is 1. The van der Waals surface area contributed by atoms with Crippen molar-refractivity contribution in [3.63, 3.8) is 0 Å². The lowest BCUT2D eigenvalue weighted by Crippen LogP contribution is -2.49. The van der Waals surface area contributed by atoms with Crippen LogP contribution in [0.4, 0.5) is 0 Å². The minimum absolute atomic E-state index is 0.147. The lowest BCUT2D eigenvalue weighted by Gasteiger charge is -2.33. The number of carbonyl (C=O) groups excluding carboxylic acids is 1. The summed E-state index contributed by atoms with van der Waals surface area (Å²) in [6.45, 7) is 5.40. The molecule has 1 fully saturated rings. The van der Waals surface area contributed by atoms with Crippen LogP contribution >= 0.6 is 15.9 Å². The van der Waals surface area contributed by atoms with Gasteiger partial charge in [-0.2, -0.15) is 5.10 Å². The smallest absolute Gasteiger partial charge is 0.247 e. The number of hydrogen-bond acceptors (Lipinski definition) is 3. The molecule has 0 aromatic carbocycles.